The van der Waals surface area contributed by atoms with Crippen LogP contribution in [0.1, 0.15) is 18.9 Å². The number of allylic oxidation sites excluding steroid dienone is 1. The zero-order valence-corrected chi connectivity index (χ0v) is 13.0. The number of ether oxygens (including phenoxy) is 3. The third-order valence-electron chi connectivity index (χ3n) is 3.53. The summed E-state index contributed by atoms with van der Waals surface area (Å²) in [5, 5.41) is 0. The summed E-state index contributed by atoms with van der Waals surface area (Å²) < 4.78 is 16.7. The van der Waals surface area contributed by atoms with E-state index in [9.17, 15) is 0 Å². The third kappa shape index (κ3) is 5.06. The van der Waals surface area contributed by atoms with Gasteiger partial charge in [0.2, 0.25) is 0 Å². The Kier molecular flexibility index (Phi) is 6.57. The van der Waals surface area contributed by atoms with E-state index in [4.69, 9.17) is 14.2 Å². The topological polar surface area (TPSA) is 30.9 Å². The summed E-state index contributed by atoms with van der Waals surface area (Å²) in [5.41, 5.74) is 1.12. The van der Waals surface area contributed by atoms with Crippen LogP contribution in [-0.4, -0.2) is 51.5 Å². The van der Waals surface area contributed by atoms with Crippen LogP contribution in [0.2, 0.25) is 0 Å². The minimum atomic E-state index is 0.666. The summed E-state index contributed by atoms with van der Waals surface area (Å²) in [5.74, 6) is 1.58. The van der Waals surface area contributed by atoms with E-state index in [0.29, 0.717) is 6.61 Å². The van der Waals surface area contributed by atoms with Crippen molar-refractivity contribution in [2.75, 3.05) is 46.6 Å². The average Bonchev–Trinajstić information content (AvgIpc) is 2.77. The van der Waals surface area contributed by atoms with E-state index in [1.807, 2.05) is 37.3 Å². The second kappa shape index (κ2) is 8.70. The second-order valence-corrected chi connectivity index (χ2v) is 5.07. The normalized spacial score (nSPS) is 16.9. The van der Waals surface area contributed by atoms with E-state index in [-0.39, 0.29) is 0 Å². The Morgan fingerprint density at radius 2 is 2.14 bits per heavy atom. The minimum absolute atomic E-state index is 0.666. The quantitative estimate of drug-likeness (QED) is 0.806. The molecule has 0 bridgehead atoms. The van der Waals surface area contributed by atoms with Gasteiger partial charge in [0.25, 0.3) is 0 Å². The maximum absolute atomic E-state index is 5.87. The first-order valence-electron chi connectivity index (χ1n) is 7.57. The Hall–Kier alpha value is -1.52. The van der Waals surface area contributed by atoms with Crippen LogP contribution in [0, 0.1) is 0 Å². The van der Waals surface area contributed by atoms with Gasteiger partial charge in [-0.25, -0.2) is 0 Å². The van der Waals surface area contributed by atoms with Gasteiger partial charge in [0.15, 0.2) is 11.5 Å². The maximum Gasteiger partial charge on any atom is 0.161 e. The van der Waals surface area contributed by atoms with Crippen molar-refractivity contribution < 1.29 is 14.2 Å². The maximum atomic E-state index is 5.87. The van der Waals surface area contributed by atoms with Crippen LogP contribution in [0.4, 0.5) is 0 Å². The monoisotopic (exact) mass is 291 g/mol. The molecule has 0 amide bonds. The number of nitrogens with zero attached hydrogens (tertiary/aromatic N) is 1. The van der Waals surface area contributed by atoms with E-state index in [2.05, 4.69) is 4.90 Å². The van der Waals surface area contributed by atoms with Crippen LogP contribution in [0.5, 0.6) is 11.5 Å². The van der Waals surface area contributed by atoms with Crippen LogP contribution in [0.3, 0.4) is 0 Å². The summed E-state index contributed by atoms with van der Waals surface area (Å²) in [7, 11) is 1.67. The predicted molar refractivity (Wildman–Crippen MR) is 85.1 cm³/mol. The van der Waals surface area contributed by atoms with Crippen LogP contribution < -0.4 is 9.47 Å². The summed E-state index contributed by atoms with van der Waals surface area (Å²) >= 11 is 0. The van der Waals surface area contributed by atoms with Crippen molar-refractivity contribution in [1.29, 1.82) is 0 Å². The van der Waals surface area contributed by atoms with Crippen molar-refractivity contribution in [3.63, 3.8) is 0 Å². The summed E-state index contributed by atoms with van der Waals surface area (Å²) in [6.45, 7) is 7.35. The number of hydrogen-bond donors (Lipinski definition) is 0. The fourth-order valence-corrected chi connectivity index (χ4v) is 2.41. The molecule has 0 saturated carbocycles. The molecule has 116 valence electrons. The molecule has 1 aromatic rings. The van der Waals surface area contributed by atoms with Gasteiger partial charge in [-0.1, -0.05) is 18.2 Å². The molecule has 0 aliphatic carbocycles. The number of methoxy groups -OCH3 is 1. The van der Waals surface area contributed by atoms with Gasteiger partial charge in [-0.05, 0) is 31.0 Å². The van der Waals surface area contributed by atoms with Crippen molar-refractivity contribution in [2.24, 2.45) is 0 Å². The highest BCUT2D eigenvalue weighted by molar-refractivity contribution is 5.55. The van der Waals surface area contributed by atoms with E-state index >= 15 is 0 Å². The zero-order valence-electron chi connectivity index (χ0n) is 13.0. The van der Waals surface area contributed by atoms with Crippen molar-refractivity contribution in [3.05, 3.63) is 29.8 Å². The minimum Gasteiger partial charge on any atom is -0.493 e. The standard InChI is InChI=1S/C17H25NO3/c1-3-5-15-6-7-16(17(14-15)19-2)21-13-10-18-8-4-11-20-12-9-18/h3,5-7,14H,4,8-13H2,1-2H3/b5-3+. The molecular weight excluding hydrogens is 266 g/mol. The fourth-order valence-electron chi connectivity index (χ4n) is 2.41. The van der Waals surface area contributed by atoms with Crippen LogP contribution in [0.15, 0.2) is 24.3 Å². The molecule has 1 heterocycles. The van der Waals surface area contributed by atoms with Gasteiger partial charge >= 0.3 is 0 Å². The van der Waals surface area contributed by atoms with Gasteiger partial charge < -0.3 is 14.2 Å². The van der Waals surface area contributed by atoms with Crippen molar-refractivity contribution in [2.45, 2.75) is 13.3 Å². The lowest BCUT2D eigenvalue weighted by molar-refractivity contribution is 0.137. The van der Waals surface area contributed by atoms with E-state index in [1.165, 1.54) is 0 Å². The van der Waals surface area contributed by atoms with Crippen LogP contribution in [0.25, 0.3) is 6.08 Å². The molecule has 4 nitrogen and oxygen atoms in total. The highest BCUT2D eigenvalue weighted by Crippen LogP contribution is 2.28. The molecule has 21 heavy (non-hydrogen) atoms. The number of rotatable bonds is 6. The molecule has 4 heteroatoms. The summed E-state index contributed by atoms with van der Waals surface area (Å²) in [4.78, 5) is 2.38. The highest BCUT2D eigenvalue weighted by Gasteiger charge is 2.10. The van der Waals surface area contributed by atoms with Gasteiger partial charge in [0.05, 0.1) is 13.7 Å². The molecule has 0 unspecified atom stereocenters. The smallest absolute Gasteiger partial charge is 0.161 e. The second-order valence-electron chi connectivity index (χ2n) is 5.07. The molecule has 1 aliphatic rings. The Balaban J connectivity index is 1.87. The van der Waals surface area contributed by atoms with Gasteiger partial charge in [0, 0.05) is 26.2 Å². The van der Waals surface area contributed by atoms with Crippen molar-refractivity contribution >= 4 is 6.08 Å². The lowest BCUT2D eigenvalue weighted by Gasteiger charge is -2.19. The first-order valence-corrected chi connectivity index (χ1v) is 7.57. The number of hydrogen-bond acceptors (Lipinski definition) is 4. The van der Waals surface area contributed by atoms with Gasteiger partial charge in [0.1, 0.15) is 6.61 Å². The predicted octanol–water partition coefficient (Wildman–Crippen LogP) is 2.83. The Labute approximate surface area is 127 Å². The molecule has 0 N–H and O–H groups in total. The van der Waals surface area contributed by atoms with Crippen molar-refractivity contribution in [3.8, 4) is 11.5 Å². The molecule has 0 atom stereocenters. The Morgan fingerprint density at radius 1 is 1.24 bits per heavy atom. The fraction of sp³-hybridized carbons (Fsp3) is 0.529. The summed E-state index contributed by atoms with van der Waals surface area (Å²) in [6.07, 6.45) is 5.15. The molecule has 1 aliphatic heterocycles. The van der Waals surface area contributed by atoms with E-state index in [0.717, 1.165) is 56.3 Å². The lowest BCUT2D eigenvalue weighted by Crippen LogP contribution is -2.30. The van der Waals surface area contributed by atoms with Gasteiger partial charge in [-0.15, -0.1) is 0 Å². The molecule has 1 fully saturated rings. The van der Waals surface area contributed by atoms with E-state index in [1.54, 1.807) is 7.11 Å². The molecular formula is C17H25NO3. The van der Waals surface area contributed by atoms with Gasteiger partial charge in [-0.2, -0.15) is 0 Å². The van der Waals surface area contributed by atoms with Crippen LogP contribution >= 0.6 is 0 Å². The van der Waals surface area contributed by atoms with E-state index < -0.39 is 0 Å². The molecule has 1 aromatic carbocycles. The Bertz CT molecular complexity index is 451. The molecule has 0 aromatic heterocycles. The molecule has 2 rings (SSSR count). The third-order valence-corrected chi connectivity index (χ3v) is 3.53. The highest BCUT2D eigenvalue weighted by atomic mass is 16.5. The van der Waals surface area contributed by atoms with Crippen LogP contribution in [-0.2, 0) is 4.74 Å². The zero-order chi connectivity index (χ0) is 14.9. The lowest BCUT2D eigenvalue weighted by atomic mass is 10.2. The van der Waals surface area contributed by atoms with Gasteiger partial charge in [-0.3, -0.25) is 4.90 Å². The molecule has 0 spiro atoms. The van der Waals surface area contributed by atoms with Crippen molar-refractivity contribution in [1.82, 2.24) is 4.90 Å². The summed E-state index contributed by atoms with van der Waals surface area (Å²) in [6, 6.07) is 6.01. The largest absolute Gasteiger partial charge is 0.493 e. The SMILES string of the molecule is C/C=C/c1ccc(OCCN2CCCOCC2)c(OC)c1. The first kappa shape index (κ1) is 15.9. The number of benzene rings is 1. The molecule has 0 radical (unpaired) electrons. The first-order chi connectivity index (χ1) is 10.3. The average molecular weight is 291 g/mol. The Morgan fingerprint density at radius 3 is 2.95 bits per heavy atom. The molecule has 1 saturated heterocycles.